The summed E-state index contributed by atoms with van der Waals surface area (Å²) in [6.07, 6.45) is 5.32. The van der Waals surface area contributed by atoms with Crippen LogP contribution in [0.15, 0.2) is 42.7 Å². The van der Waals surface area contributed by atoms with E-state index >= 15 is 0 Å². The van der Waals surface area contributed by atoms with E-state index in [1.165, 1.54) is 6.07 Å². The molecule has 3 aromatic rings. The summed E-state index contributed by atoms with van der Waals surface area (Å²) in [5.74, 6) is -2.46. The van der Waals surface area contributed by atoms with Gasteiger partial charge in [0, 0.05) is 30.9 Å². The van der Waals surface area contributed by atoms with Gasteiger partial charge in [0.15, 0.2) is 0 Å². The third-order valence-corrected chi connectivity index (χ3v) is 4.05. The van der Waals surface area contributed by atoms with Crippen LogP contribution < -0.4 is 5.32 Å². The van der Waals surface area contributed by atoms with Gasteiger partial charge in [-0.2, -0.15) is 0 Å². The van der Waals surface area contributed by atoms with Crippen molar-refractivity contribution in [3.8, 4) is 0 Å². The van der Waals surface area contributed by atoms with Gasteiger partial charge in [-0.25, -0.2) is 13.8 Å². The zero-order valence-corrected chi connectivity index (χ0v) is 13.9. The van der Waals surface area contributed by atoms with Crippen LogP contribution in [0.25, 0.3) is 11.0 Å². The average molecular weight is 343 g/mol. The lowest BCUT2D eigenvalue weighted by atomic mass is 10.1. The van der Waals surface area contributed by atoms with Crippen LogP contribution in [-0.2, 0) is 13.0 Å². The number of pyridine rings is 1. The van der Waals surface area contributed by atoms with E-state index in [-0.39, 0.29) is 6.54 Å². The monoisotopic (exact) mass is 343 g/mol. The van der Waals surface area contributed by atoms with Crippen LogP contribution >= 0.6 is 0 Å². The summed E-state index contributed by atoms with van der Waals surface area (Å²) >= 11 is 0. The van der Waals surface area contributed by atoms with Crippen molar-refractivity contribution in [1.29, 1.82) is 0 Å². The first kappa shape index (κ1) is 17.1. The lowest BCUT2D eigenvalue weighted by Gasteiger charge is -2.06. The van der Waals surface area contributed by atoms with Gasteiger partial charge in [-0.3, -0.25) is 4.79 Å². The number of hydrogen-bond donors (Lipinski definition) is 1. The van der Waals surface area contributed by atoms with Gasteiger partial charge < -0.3 is 9.88 Å². The van der Waals surface area contributed by atoms with Crippen molar-refractivity contribution in [2.45, 2.75) is 26.3 Å². The Balaban J connectivity index is 1.72. The number of hydrogen-bond acceptors (Lipinski definition) is 2. The minimum Gasteiger partial charge on any atom is -0.352 e. The van der Waals surface area contributed by atoms with Crippen LogP contribution in [0.3, 0.4) is 0 Å². The molecule has 1 N–H and O–H groups in total. The van der Waals surface area contributed by atoms with Gasteiger partial charge >= 0.3 is 0 Å². The molecule has 25 heavy (non-hydrogen) atoms. The molecule has 130 valence electrons. The Bertz CT molecular complexity index is 885. The molecule has 0 aliphatic heterocycles. The van der Waals surface area contributed by atoms with Crippen LogP contribution in [0.2, 0.25) is 0 Å². The van der Waals surface area contributed by atoms with Crippen molar-refractivity contribution in [2.24, 2.45) is 0 Å². The molecule has 6 heteroatoms. The summed E-state index contributed by atoms with van der Waals surface area (Å²) in [5.41, 5.74) is 1.41. The minimum atomic E-state index is -0.860. The number of carbonyl (C=O) groups excluding carboxylic acids is 1. The summed E-state index contributed by atoms with van der Waals surface area (Å²) in [6.45, 7) is 3.24. The molecule has 0 unspecified atom stereocenters. The molecule has 4 nitrogen and oxygen atoms in total. The second-order valence-corrected chi connectivity index (χ2v) is 5.82. The van der Waals surface area contributed by atoms with E-state index in [1.54, 1.807) is 6.20 Å². The Hall–Kier alpha value is -2.76. The minimum absolute atomic E-state index is 0.284. The summed E-state index contributed by atoms with van der Waals surface area (Å²) in [7, 11) is 0. The maximum Gasteiger partial charge on any atom is 0.257 e. The van der Waals surface area contributed by atoms with Crippen LogP contribution in [0.1, 0.15) is 29.3 Å². The summed E-state index contributed by atoms with van der Waals surface area (Å²) < 4.78 is 29.4. The molecule has 0 fully saturated rings. The van der Waals surface area contributed by atoms with Crippen molar-refractivity contribution < 1.29 is 13.6 Å². The molecule has 0 aliphatic rings. The standard InChI is InChI=1S/C19H19F2N3O/c1-2-11-24-12-13(14-5-4-9-22-18(14)24)8-10-23-19(25)17-15(20)6-3-7-16(17)21/h3-7,9,12H,2,8,10-11H2,1H3,(H,23,25). The number of aryl methyl sites for hydroxylation is 1. The first-order valence-electron chi connectivity index (χ1n) is 8.26. The Labute approximate surface area is 144 Å². The molecule has 2 aromatic heterocycles. The number of benzene rings is 1. The molecule has 0 spiro atoms. The van der Waals surface area contributed by atoms with E-state index in [2.05, 4.69) is 21.8 Å². The van der Waals surface area contributed by atoms with Gasteiger partial charge in [-0.05, 0) is 42.7 Å². The van der Waals surface area contributed by atoms with Gasteiger partial charge in [-0.15, -0.1) is 0 Å². The molecular formula is C19H19F2N3O. The summed E-state index contributed by atoms with van der Waals surface area (Å²) in [5, 5.41) is 3.62. The molecule has 2 heterocycles. The SMILES string of the molecule is CCCn1cc(CCNC(=O)c2c(F)cccc2F)c2cccnc21. The van der Waals surface area contributed by atoms with Gasteiger partial charge in [0.2, 0.25) is 0 Å². The largest absolute Gasteiger partial charge is 0.352 e. The van der Waals surface area contributed by atoms with Crippen molar-refractivity contribution in [1.82, 2.24) is 14.9 Å². The Morgan fingerprint density at radius 1 is 1.20 bits per heavy atom. The predicted molar refractivity (Wildman–Crippen MR) is 92.4 cm³/mol. The number of amides is 1. The molecule has 1 aromatic carbocycles. The van der Waals surface area contributed by atoms with Crippen molar-refractivity contribution in [3.63, 3.8) is 0 Å². The first-order chi connectivity index (χ1) is 12.1. The third kappa shape index (κ3) is 3.52. The van der Waals surface area contributed by atoms with E-state index in [9.17, 15) is 13.6 Å². The number of nitrogens with one attached hydrogen (secondary N) is 1. The van der Waals surface area contributed by atoms with E-state index in [0.717, 1.165) is 41.7 Å². The number of aromatic nitrogens is 2. The van der Waals surface area contributed by atoms with Crippen molar-refractivity contribution >= 4 is 16.9 Å². The Morgan fingerprint density at radius 2 is 1.96 bits per heavy atom. The summed E-state index contributed by atoms with van der Waals surface area (Å²) in [6, 6.07) is 7.23. The average Bonchev–Trinajstić information content (AvgIpc) is 2.93. The fraction of sp³-hybridized carbons (Fsp3) is 0.263. The van der Waals surface area contributed by atoms with Crippen LogP contribution in [-0.4, -0.2) is 22.0 Å². The van der Waals surface area contributed by atoms with E-state index in [1.807, 2.05) is 18.3 Å². The fourth-order valence-electron chi connectivity index (χ4n) is 2.92. The number of nitrogens with zero attached hydrogens (tertiary/aromatic N) is 2. The number of carbonyl (C=O) groups is 1. The highest BCUT2D eigenvalue weighted by molar-refractivity contribution is 5.94. The van der Waals surface area contributed by atoms with Gasteiger partial charge in [-0.1, -0.05) is 13.0 Å². The van der Waals surface area contributed by atoms with Crippen LogP contribution in [0.5, 0.6) is 0 Å². The molecule has 0 saturated carbocycles. The number of halogens is 2. The highest BCUT2D eigenvalue weighted by atomic mass is 19.1. The molecule has 0 bridgehead atoms. The van der Waals surface area contributed by atoms with Crippen molar-refractivity contribution in [3.05, 3.63) is 65.5 Å². The second-order valence-electron chi connectivity index (χ2n) is 5.82. The zero-order chi connectivity index (χ0) is 17.8. The molecular weight excluding hydrogens is 324 g/mol. The summed E-state index contributed by atoms with van der Waals surface area (Å²) in [4.78, 5) is 16.5. The fourth-order valence-corrected chi connectivity index (χ4v) is 2.92. The molecule has 3 rings (SSSR count). The van der Waals surface area contributed by atoms with Gasteiger partial charge in [0.05, 0.1) is 0 Å². The van der Waals surface area contributed by atoms with E-state index in [4.69, 9.17) is 0 Å². The van der Waals surface area contributed by atoms with Crippen molar-refractivity contribution in [2.75, 3.05) is 6.54 Å². The van der Waals surface area contributed by atoms with Gasteiger partial charge in [0.1, 0.15) is 22.8 Å². The lowest BCUT2D eigenvalue weighted by Crippen LogP contribution is -2.27. The molecule has 0 atom stereocenters. The molecule has 0 saturated heterocycles. The Morgan fingerprint density at radius 3 is 2.68 bits per heavy atom. The highest BCUT2D eigenvalue weighted by Crippen LogP contribution is 2.20. The van der Waals surface area contributed by atoms with Crippen LogP contribution in [0.4, 0.5) is 8.78 Å². The zero-order valence-electron chi connectivity index (χ0n) is 13.9. The predicted octanol–water partition coefficient (Wildman–Crippen LogP) is 3.70. The lowest BCUT2D eigenvalue weighted by molar-refractivity contribution is 0.0945. The molecule has 0 radical (unpaired) electrons. The maximum absolute atomic E-state index is 13.6. The maximum atomic E-state index is 13.6. The Kier molecular flexibility index (Phi) is 5.07. The third-order valence-electron chi connectivity index (χ3n) is 4.05. The van der Waals surface area contributed by atoms with Gasteiger partial charge in [0.25, 0.3) is 5.91 Å². The van der Waals surface area contributed by atoms with E-state index in [0.29, 0.717) is 6.42 Å². The van der Waals surface area contributed by atoms with E-state index < -0.39 is 23.1 Å². The quantitative estimate of drug-likeness (QED) is 0.742. The number of rotatable bonds is 6. The topological polar surface area (TPSA) is 46.9 Å². The smallest absolute Gasteiger partial charge is 0.257 e. The second kappa shape index (κ2) is 7.42. The normalized spacial score (nSPS) is 11.0. The number of fused-ring (bicyclic) bond motifs is 1. The highest BCUT2D eigenvalue weighted by Gasteiger charge is 2.16. The van der Waals surface area contributed by atoms with Crippen LogP contribution in [0, 0.1) is 11.6 Å². The first-order valence-corrected chi connectivity index (χ1v) is 8.26. The molecule has 0 aliphatic carbocycles. The molecule has 1 amide bonds.